The van der Waals surface area contributed by atoms with E-state index in [1.807, 2.05) is 13.8 Å². The van der Waals surface area contributed by atoms with Gasteiger partial charge in [-0.25, -0.2) is 13.1 Å². The Morgan fingerprint density at radius 1 is 1.47 bits per heavy atom. The summed E-state index contributed by atoms with van der Waals surface area (Å²) < 4.78 is 24.5. The minimum Gasteiger partial charge on any atom is -0.392 e. The van der Waals surface area contributed by atoms with Gasteiger partial charge in [0.05, 0.1) is 11.9 Å². The molecule has 1 rings (SSSR count). The van der Waals surface area contributed by atoms with Crippen molar-refractivity contribution in [2.75, 3.05) is 19.3 Å². The second kappa shape index (κ2) is 4.37. The molecule has 6 heteroatoms. The zero-order valence-electron chi connectivity index (χ0n) is 9.45. The van der Waals surface area contributed by atoms with Crippen LogP contribution in [-0.2, 0) is 10.0 Å². The highest BCUT2D eigenvalue weighted by Crippen LogP contribution is 2.40. The Bertz CT molecular complexity index is 313. The molecule has 0 aromatic carbocycles. The normalized spacial score (nSPS) is 29.9. The van der Waals surface area contributed by atoms with Gasteiger partial charge in [-0.05, 0) is 13.5 Å². The lowest BCUT2D eigenvalue weighted by Crippen LogP contribution is -2.60. The SMILES string of the molecule is CNS(=O)(=O)CCNC1CC(O)C1(C)C. The van der Waals surface area contributed by atoms with E-state index in [0.717, 1.165) is 0 Å². The second-order valence-corrected chi connectivity index (χ2v) is 6.65. The van der Waals surface area contributed by atoms with Gasteiger partial charge in [-0.3, -0.25) is 0 Å². The summed E-state index contributed by atoms with van der Waals surface area (Å²) >= 11 is 0. The Kier molecular flexibility index (Phi) is 3.76. The molecule has 90 valence electrons. The van der Waals surface area contributed by atoms with E-state index in [1.165, 1.54) is 7.05 Å². The molecule has 2 unspecified atom stereocenters. The third-order valence-corrected chi connectivity index (χ3v) is 4.65. The standard InChI is InChI=1S/C9H20N2O3S/c1-9(2)7(6-8(9)12)11-4-5-15(13,14)10-3/h7-8,10-12H,4-6H2,1-3H3. The lowest BCUT2D eigenvalue weighted by molar-refractivity contribution is -0.0716. The predicted octanol–water partition coefficient (Wildman–Crippen LogP) is -0.715. The van der Waals surface area contributed by atoms with Gasteiger partial charge >= 0.3 is 0 Å². The quantitative estimate of drug-likeness (QED) is 0.589. The van der Waals surface area contributed by atoms with Gasteiger partial charge in [-0.2, -0.15) is 0 Å². The first kappa shape index (κ1) is 12.9. The highest BCUT2D eigenvalue weighted by Gasteiger charge is 2.46. The van der Waals surface area contributed by atoms with Crippen molar-refractivity contribution in [1.29, 1.82) is 0 Å². The Morgan fingerprint density at radius 3 is 2.47 bits per heavy atom. The number of hydrogen-bond donors (Lipinski definition) is 3. The number of hydrogen-bond acceptors (Lipinski definition) is 4. The van der Waals surface area contributed by atoms with E-state index in [-0.39, 0.29) is 23.3 Å². The molecule has 0 saturated heterocycles. The molecule has 3 N–H and O–H groups in total. The summed E-state index contributed by atoms with van der Waals surface area (Å²) in [6, 6.07) is 0.208. The summed E-state index contributed by atoms with van der Waals surface area (Å²) in [4.78, 5) is 0. The minimum atomic E-state index is -3.13. The van der Waals surface area contributed by atoms with Crippen LogP contribution in [-0.4, -0.2) is 45.0 Å². The molecule has 0 radical (unpaired) electrons. The van der Waals surface area contributed by atoms with Gasteiger partial charge in [0, 0.05) is 18.0 Å². The minimum absolute atomic E-state index is 0.0756. The smallest absolute Gasteiger partial charge is 0.212 e. The largest absolute Gasteiger partial charge is 0.392 e. The van der Waals surface area contributed by atoms with Crippen LogP contribution < -0.4 is 10.0 Å². The first-order valence-corrected chi connectivity index (χ1v) is 6.77. The van der Waals surface area contributed by atoms with Gasteiger partial charge < -0.3 is 10.4 Å². The van der Waals surface area contributed by atoms with Crippen LogP contribution in [0, 0.1) is 5.41 Å². The highest BCUT2D eigenvalue weighted by atomic mass is 32.2. The van der Waals surface area contributed by atoms with Crippen LogP contribution in [0.15, 0.2) is 0 Å². The molecule has 5 nitrogen and oxygen atoms in total. The third kappa shape index (κ3) is 2.90. The maximum Gasteiger partial charge on any atom is 0.212 e. The molecule has 0 bridgehead atoms. The van der Waals surface area contributed by atoms with Crippen LogP contribution in [0.1, 0.15) is 20.3 Å². The second-order valence-electron chi connectivity index (χ2n) is 4.60. The highest BCUT2D eigenvalue weighted by molar-refractivity contribution is 7.89. The molecular weight excluding hydrogens is 216 g/mol. The molecule has 1 fully saturated rings. The van der Waals surface area contributed by atoms with Crippen LogP contribution in [0.25, 0.3) is 0 Å². The fourth-order valence-corrected chi connectivity index (χ4v) is 2.31. The summed E-state index contributed by atoms with van der Waals surface area (Å²) in [6.45, 7) is 4.38. The lowest BCUT2D eigenvalue weighted by Gasteiger charge is -2.49. The van der Waals surface area contributed by atoms with Crippen molar-refractivity contribution >= 4 is 10.0 Å². The summed E-state index contributed by atoms with van der Waals surface area (Å²) in [6.07, 6.45) is 0.419. The Hall–Kier alpha value is -0.170. The third-order valence-electron chi connectivity index (χ3n) is 3.29. The van der Waals surface area contributed by atoms with E-state index < -0.39 is 10.0 Å². The molecule has 2 atom stereocenters. The molecule has 1 saturated carbocycles. The average Bonchev–Trinajstić information content (AvgIpc) is 2.16. The van der Waals surface area contributed by atoms with Gasteiger partial charge in [-0.15, -0.1) is 0 Å². The molecule has 0 aromatic rings. The van der Waals surface area contributed by atoms with E-state index in [1.54, 1.807) is 0 Å². The van der Waals surface area contributed by atoms with Crippen molar-refractivity contribution in [1.82, 2.24) is 10.0 Å². The Balaban J connectivity index is 2.29. The predicted molar refractivity (Wildman–Crippen MR) is 59.0 cm³/mol. The molecule has 0 aromatic heterocycles. The van der Waals surface area contributed by atoms with Gasteiger partial charge in [0.1, 0.15) is 0 Å². The van der Waals surface area contributed by atoms with Crippen LogP contribution in [0.4, 0.5) is 0 Å². The van der Waals surface area contributed by atoms with Crippen LogP contribution in [0.2, 0.25) is 0 Å². The Labute approximate surface area is 91.3 Å². The summed E-state index contributed by atoms with van der Waals surface area (Å²) in [5, 5.41) is 12.6. The van der Waals surface area contributed by atoms with Crippen LogP contribution in [0.3, 0.4) is 0 Å². The monoisotopic (exact) mass is 236 g/mol. The number of sulfonamides is 1. The maximum absolute atomic E-state index is 11.1. The van der Waals surface area contributed by atoms with Gasteiger partial charge in [-0.1, -0.05) is 13.8 Å². The number of nitrogens with one attached hydrogen (secondary N) is 2. The zero-order chi connectivity index (χ0) is 11.7. The van der Waals surface area contributed by atoms with Gasteiger partial charge in [0.25, 0.3) is 0 Å². The van der Waals surface area contributed by atoms with Crippen molar-refractivity contribution in [2.45, 2.75) is 32.4 Å². The van der Waals surface area contributed by atoms with Crippen LogP contribution in [0.5, 0.6) is 0 Å². The van der Waals surface area contributed by atoms with Gasteiger partial charge in [0.15, 0.2) is 0 Å². The van der Waals surface area contributed by atoms with Crippen molar-refractivity contribution in [3.8, 4) is 0 Å². The van der Waals surface area contributed by atoms with Crippen LogP contribution >= 0.6 is 0 Å². The van der Waals surface area contributed by atoms with Gasteiger partial charge in [0.2, 0.25) is 10.0 Å². The summed E-state index contributed by atoms with van der Waals surface area (Å²) in [7, 11) is -1.72. The van der Waals surface area contributed by atoms with E-state index in [0.29, 0.717) is 13.0 Å². The number of aliphatic hydroxyl groups is 1. The molecule has 0 aliphatic heterocycles. The first-order valence-electron chi connectivity index (χ1n) is 5.12. The molecule has 0 spiro atoms. The topological polar surface area (TPSA) is 78.4 Å². The summed E-state index contributed by atoms with van der Waals surface area (Å²) in [5.74, 6) is 0.0756. The Morgan fingerprint density at radius 2 is 2.07 bits per heavy atom. The lowest BCUT2D eigenvalue weighted by atomic mass is 9.64. The maximum atomic E-state index is 11.1. The van der Waals surface area contributed by atoms with E-state index in [4.69, 9.17) is 0 Å². The van der Waals surface area contributed by atoms with Crippen molar-refractivity contribution in [3.63, 3.8) is 0 Å². The molecule has 0 amide bonds. The summed E-state index contributed by atoms with van der Waals surface area (Å²) in [5.41, 5.74) is -0.149. The molecule has 15 heavy (non-hydrogen) atoms. The zero-order valence-corrected chi connectivity index (χ0v) is 10.3. The fourth-order valence-electron chi connectivity index (χ4n) is 1.72. The first-order chi connectivity index (χ1) is 6.79. The number of aliphatic hydroxyl groups excluding tert-OH is 1. The average molecular weight is 236 g/mol. The van der Waals surface area contributed by atoms with E-state index in [2.05, 4.69) is 10.0 Å². The van der Waals surface area contributed by atoms with E-state index in [9.17, 15) is 13.5 Å². The van der Waals surface area contributed by atoms with Crippen molar-refractivity contribution in [2.24, 2.45) is 5.41 Å². The molecule has 1 aliphatic carbocycles. The van der Waals surface area contributed by atoms with E-state index >= 15 is 0 Å². The molecule has 0 heterocycles. The number of rotatable bonds is 5. The van der Waals surface area contributed by atoms with Crippen molar-refractivity contribution < 1.29 is 13.5 Å². The fraction of sp³-hybridized carbons (Fsp3) is 1.00. The van der Waals surface area contributed by atoms with Crippen molar-refractivity contribution in [3.05, 3.63) is 0 Å². The molecule has 1 aliphatic rings. The molecular formula is C9H20N2O3S.